The van der Waals surface area contributed by atoms with E-state index in [0.717, 1.165) is 36.9 Å². The molecule has 0 unspecified atom stereocenters. The molecule has 4 aromatic rings. The standard InChI is InChI=1S/C30H38N4/c1-19(2)31-13-14-33(18-24-11-12-24)27-17-23(6)32-30-28(27)25-9-7-8-10-26(25)34(30)29-21(4)15-20(3)16-22(29)5/h7-10,15-17,19,24,31H,11-14,18H2,1-6H3. The third-order valence-corrected chi connectivity index (χ3v) is 7.04. The van der Waals surface area contributed by atoms with Crippen molar-refractivity contribution in [3.05, 3.63) is 64.8 Å². The molecule has 2 heterocycles. The molecule has 1 aliphatic carbocycles. The second-order valence-corrected chi connectivity index (χ2v) is 10.6. The number of aryl methyl sites for hydroxylation is 4. The van der Waals surface area contributed by atoms with Gasteiger partial charge < -0.3 is 10.2 Å². The van der Waals surface area contributed by atoms with Crippen molar-refractivity contribution in [1.29, 1.82) is 0 Å². The number of pyridine rings is 1. The van der Waals surface area contributed by atoms with Gasteiger partial charge in [-0.3, -0.25) is 4.57 Å². The number of benzene rings is 2. The summed E-state index contributed by atoms with van der Waals surface area (Å²) in [6.45, 7) is 16.3. The zero-order valence-electron chi connectivity index (χ0n) is 21.6. The van der Waals surface area contributed by atoms with Crippen LogP contribution in [0.2, 0.25) is 0 Å². The van der Waals surface area contributed by atoms with Crippen LogP contribution in [0.4, 0.5) is 5.69 Å². The molecule has 0 spiro atoms. The molecular weight excluding hydrogens is 416 g/mol. The molecule has 0 radical (unpaired) electrons. The fraction of sp³-hybridized carbons (Fsp3) is 0.433. The van der Waals surface area contributed by atoms with E-state index >= 15 is 0 Å². The lowest BCUT2D eigenvalue weighted by Crippen LogP contribution is -2.36. The lowest BCUT2D eigenvalue weighted by molar-refractivity contribution is 0.576. The Bertz CT molecular complexity index is 1320. The summed E-state index contributed by atoms with van der Waals surface area (Å²) in [6.07, 6.45) is 2.70. The van der Waals surface area contributed by atoms with Crippen LogP contribution in [0.3, 0.4) is 0 Å². The Morgan fingerprint density at radius 1 is 1.03 bits per heavy atom. The van der Waals surface area contributed by atoms with Gasteiger partial charge >= 0.3 is 0 Å². The first-order valence-corrected chi connectivity index (χ1v) is 12.8. The summed E-state index contributed by atoms with van der Waals surface area (Å²) in [5.41, 5.74) is 9.86. The molecule has 0 aliphatic heterocycles. The number of fused-ring (bicyclic) bond motifs is 3. The van der Waals surface area contributed by atoms with E-state index in [9.17, 15) is 0 Å². The fourth-order valence-corrected chi connectivity index (χ4v) is 5.47. The second kappa shape index (κ2) is 9.07. The minimum atomic E-state index is 0.497. The molecule has 178 valence electrons. The summed E-state index contributed by atoms with van der Waals surface area (Å²) < 4.78 is 2.41. The van der Waals surface area contributed by atoms with E-state index in [0.29, 0.717) is 6.04 Å². The van der Waals surface area contributed by atoms with E-state index in [1.165, 1.54) is 57.2 Å². The monoisotopic (exact) mass is 454 g/mol. The average molecular weight is 455 g/mol. The van der Waals surface area contributed by atoms with Crippen molar-refractivity contribution in [2.24, 2.45) is 5.92 Å². The zero-order chi connectivity index (χ0) is 24.0. The minimum Gasteiger partial charge on any atom is -0.369 e. The molecule has 0 saturated heterocycles. The highest BCUT2D eigenvalue weighted by molar-refractivity contribution is 6.14. The van der Waals surface area contributed by atoms with Crippen LogP contribution < -0.4 is 10.2 Å². The van der Waals surface area contributed by atoms with E-state index in [2.05, 4.69) is 98.8 Å². The van der Waals surface area contributed by atoms with Crippen molar-refractivity contribution >= 4 is 27.6 Å². The van der Waals surface area contributed by atoms with E-state index < -0.39 is 0 Å². The highest BCUT2D eigenvalue weighted by atomic mass is 15.2. The van der Waals surface area contributed by atoms with Gasteiger partial charge in [0.1, 0.15) is 5.65 Å². The molecule has 4 heteroatoms. The third kappa shape index (κ3) is 4.32. The van der Waals surface area contributed by atoms with Crippen LogP contribution in [0.15, 0.2) is 42.5 Å². The number of rotatable bonds is 8. The number of hydrogen-bond acceptors (Lipinski definition) is 3. The molecule has 1 fully saturated rings. The van der Waals surface area contributed by atoms with Gasteiger partial charge in [0.15, 0.2) is 0 Å². The summed E-state index contributed by atoms with van der Waals surface area (Å²) in [6, 6.07) is 16.2. The summed E-state index contributed by atoms with van der Waals surface area (Å²) in [4.78, 5) is 7.78. The molecule has 1 N–H and O–H groups in total. The molecule has 1 saturated carbocycles. The SMILES string of the molecule is Cc1cc(C)c(-n2c3ccccc3c3c(N(CCNC(C)C)CC4CC4)cc(C)nc32)c(C)c1. The maximum absolute atomic E-state index is 5.16. The predicted octanol–water partition coefficient (Wildman–Crippen LogP) is 6.63. The van der Waals surface area contributed by atoms with E-state index in [1.54, 1.807) is 0 Å². The van der Waals surface area contributed by atoms with E-state index in [4.69, 9.17) is 4.98 Å². The van der Waals surface area contributed by atoms with Gasteiger partial charge in [0.2, 0.25) is 0 Å². The first-order valence-electron chi connectivity index (χ1n) is 12.8. The Labute approximate surface area is 204 Å². The zero-order valence-corrected chi connectivity index (χ0v) is 21.6. The van der Waals surface area contributed by atoms with Crippen LogP contribution >= 0.6 is 0 Å². The lowest BCUT2D eigenvalue weighted by Gasteiger charge is -2.27. The van der Waals surface area contributed by atoms with Crippen LogP contribution in [0.5, 0.6) is 0 Å². The van der Waals surface area contributed by atoms with E-state index in [1.807, 2.05) is 0 Å². The largest absolute Gasteiger partial charge is 0.369 e. The first-order chi connectivity index (χ1) is 16.3. The van der Waals surface area contributed by atoms with Crippen LogP contribution in [0, 0.1) is 33.6 Å². The first kappa shape index (κ1) is 22.9. The van der Waals surface area contributed by atoms with Crippen LogP contribution in [-0.4, -0.2) is 35.2 Å². The van der Waals surface area contributed by atoms with Crippen molar-refractivity contribution in [2.45, 2.75) is 60.4 Å². The van der Waals surface area contributed by atoms with Gasteiger partial charge in [-0.15, -0.1) is 0 Å². The molecule has 0 atom stereocenters. The quantitative estimate of drug-likeness (QED) is 0.324. The molecule has 4 nitrogen and oxygen atoms in total. The average Bonchev–Trinajstić information content (AvgIpc) is 3.53. The maximum Gasteiger partial charge on any atom is 0.147 e. The molecule has 34 heavy (non-hydrogen) atoms. The highest BCUT2D eigenvalue weighted by Gasteiger charge is 2.27. The maximum atomic E-state index is 5.16. The Hall–Kier alpha value is -2.85. The lowest BCUT2D eigenvalue weighted by atomic mass is 10.0. The van der Waals surface area contributed by atoms with Gasteiger partial charge in [-0.1, -0.05) is 49.7 Å². The third-order valence-electron chi connectivity index (χ3n) is 7.04. The van der Waals surface area contributed by atoms with Crippen molar-refractivity contribution < 1.29 is 0 Å². The Morgan fingerprint density at radius 2 is 1.74 bits per heavy atom. The Balaban J connectivity index is 1.76. The second-order valence-electron chi connectivity index (χ2n) is 10.6. The summed E-state index contributed by atoms with van der Waals surface area (Å²) >= 11 is 0. The van der Waals surface area contributed by atoms with Crippen molar-refractivity contribution in [1.82, 2.24) is 14.9 Å². The van der Waals surface area contributed by atoms with Crippen LogP contribution in [0.1, 0.15) is 49.1 Å². The van der Waals surface area contributed by atoms with Gasteiger partial charge in [-0.05, 0) is 69.7 Å². The normalized spacial score (nSPS) is 14.0. The molecule has 2 aromatic heterocycles. The Kier molecular flexibility index (Phi) is 6.11. The number of para-hydroxylation sites is 1. The number of nitrogens with one attached hydrogen (secondary N) is 1. The minimum absolute atomic E-state index is 0.497. The van der Waals surface area contributed by atoms with E-state index in [-0.39, 0.29) is 0 Å². The molecule has 0 bridgehead atoms. The van der Waals surface area contributed by atoms with Gasteiger partial charge in [0, 0.05) is 36.8 Å². The molecule has 2 aromatic carbocycles. The van der Waals surface area contributed by atoms with Crippen molar-refractivity contribution in [2.75, 3.05) is 24.5 Å². The molecule has 1 aliphatic rings. The van der Waals surface area contributed by atoms with Gasteiger partial charge in [0.25, 0.3) is 0 Å². The van der Waals surface area contributed by atoms with Gasteiger partial charge in [0.05, 0.1) is 22.3 Å². The van der Waals surface area contributed by atoms with Crippen LogP contribution in [-0.2, 0) is 0 Å². The molecular formula is C30H38N4. The Morgan fingerprint density at radius 3 is 2.41 bits per heavy atom. The smallest absolute Gasteiger partial charge is 0.147 e. The highest BCUT2D eigenvalue weighted by Crippen LogP contribution is 2.40. The van der Waals surface area contributed by atoms with Crippen molar-refractivity contribution in [3.63, 3.8) is 0 Å². The number of aromatic nitrogens is 2. The van der Waals surface area contributed by atoms with Crippen LogP contribution in [0.25, 0.3) is 27.6 Å². The predicted molar refractivity (Wildman–Crippen MR) is 146 cm³/mol. The molecule has 0 amide bonds. The summed E-state index contributed by atoms with van der Waals surface area (Å²) in [5, 5.41) is 6.20. The number of anilines is 1. The number of hydrogen-bond donors (Lipinski definition) is 1. The number of nitrogens with zero attached hydrogens (tertiary/aromatic N) is 3. The summed E-state index contributed by atoms with van der Waals surface area (Å²) in [7, 11) is 0. The van der Waals surface area contributed by atoms with Gasteiger partial charge in [-0.2, -0.15) is 0 Å². The topological polar surface area (TPSA) is 33.1 Å². The van der Waals surface area contributed by atoms with Crippen molar-refractivity contribution in [3.8, 4) is 5.69 Å². The fourth-order valence-electron chi connectivity index (χ4n) is 5.47. The van der Waals surface area contributed by atoms with Gasteiger partial charge in [-0.25, -0.2) is 4.98 Å². The summed E-state index contributed by atoms with van der Waals surface area (Å²) in [5.74, 6) is 0.817. The molecule has 5 rings (SSSR count).